The molecule has 0 aromatic carbocycles. The molecule has 84 valence electrons. The predicted molar refractivity (Wildman–Crippen MR) is 61.3 cm³/mol. The van der Waals surface area contributed by atoms with Crippen molar-refractivity contribution in [2.45, 2.75) is 77.2 Å². The Labute approximate surface area is 88.9 Å². The summed E-state index contributed by atoms with van der Waals surface area (Å²) in [6.45, 7) is 2.26. The second-order valence-corrected chi connectivity index (χ2v) is 4.81. The minimum atomic E-state index is 0.0330. The van der Waals surface area contributed by atoms with E-state index in [1.54, 1.807) is 0 Å². The van der Waals surface area contributed by atoms with Crippen molar-refractivity contribution in [3.05, 3.63) is 0 Å². The van der Waals surface area contributed by atoms with Gasteiger partial charge in [-0.15, -0.1) is 0 Å². The lowest BCUT2D eigenvalue weighted by Crippen LogP contribution is -2.12. The number of aliphatic hydroxyl groups excluding tert-OH is 1. The lowest BCUT2D eigenvalue weighted by molar-refractivity contribution is 0.126. The minimum Gasteiger partial charge on any atom is -0.393 e. The van der Waals surface area contributed by atoms with Gasteiger partial charge in [0.25, 0.3) is 0 Å². The minimum absolute atomic E-state index is 0.0330. The molecule has 0 saturated heterocycles. The zero-order valence-corrected chi connectivity index (χ0v) is 9.67. The van der Waals surface area contributed by atoms with Crippen LogP contribution in [0.15, 0.2) is 0 Å². The van der Waals surface area contributed by atoms with Crippen LogP contribution in [0, 0.1) is 5.92 Å². The van der Waals surface area contributed by atoms with Gasteiger partial charge in [0, 0.05) is 0 Å². The van der Waals surface area contributed by atoms with Gasteiger partial charge in [0.1, 0.15) is 0 Å². The monoisotopic (exact) mass is 198 g/mol. The molecule has 1 rings (SSSR count). The fourth-order valence-electron chi connectivity index (χ4n) is 2.54. The van der Waals surface area contributed by atoms with Gasteiger partial charge in [0.15, 0.2) is 0 Å². The Morgan fingerprint density at radius 2 is 1.71 bits per heavy atom. The van der Waals surface area contributed by atoms with E-state index in [0.29, 0.717) is 5.92 Å². The summed E-state index contributed by atoms with van der Waals surface area (Å²) in [6, 6.07) is 0. The standard InChI is InChI=1S/C13H26O/c1-2-3-4-5-6-7-9-12-10-8-11-13(12)14/h12-14H,2-11H2,1H3. The molecular weight excluding hydrogens is 172 g/mol. The molecule has 2 atom stereocenters. The van der Waals surface area contributed by atoms with Crippen LogP contribution >= 0.6 is 0 Å². The maximum absolute atomic E-state index is 9.63. The average Bonchev–Trinajstić information content (AvgIpc) is 2.58. The van der Waals surface area contributed by atoms with E-state index >= 15 is 0 Å². The maximum Gasteiger partial charge on any atom is 0.0568 e. The third kappa shape index (κ3) is 4.45. The Hall–Kier alpha value is -0.0400. The van der Waals surface area contributed by atoms with Crippen molar-refractivity contribution >= 4 is 0 Å². The number of hydrogen-bond acceptors (Lipinski definition) is 1. The van der Waals surface area contributed by atoms with Gasteiger partial charge in [-0.3, -0.25) is 0 Å². The topological polar surface area (TPSA) is 20.2 Å². The Balaban J connectivity index is 1.88. The van der Waals surface area contributed by atoms with Crippen LogP contribution in [0.5, 0.6) is 0 Å². The van der Waals surface area contributed by atoms with Crippen LogP contribution in [0.1, 0.15) is 71.1 Å². The molecular formula is C13H26O. The highest BCUT2D eigenvalue weighted by atomic mass is 16.3. The molecule has 0 amide bonds. The summed E-state index contributed by atoms with van der Waals surface area (Å²) in [7, 11) is 0. The molecule has 0 bridgehead atoms. The summed E-state index contributed by atoms with van der Waals surface area (Å²) >= 11 is 0. The summed E-state index contributed by atoms with van der Waals surface area (Å²) in [4.78, 5) is 0. The number of aliphatic hydroxyl groups is 1. The molecule has 1 N–H and O–H groups in total. The van der Waals surface area contributed by atoms with Crippen LogP contribution in [0.25, 0.3) is 0 Å². The second-order valence-electron chi connectivity index (χ2n) is 4.81. The molecule has 1 saturated carbocycles. The lowest BCUT2D eigenvalue weighted by Gasteiger charge is -2.13. The summed E-state index contributed by atoms with van der Waals surface area (Å²) in [5.41, 5.74) is 0. The molecule has 1 heteroatoms. The zero-order valence-electron chi connectivity index (χ0n) is 9.67. The van der Waals surface area contributed by atoms with Crippen LogP contribution in [0.4, 0.5) is 0 Å². The number of rotatable bonds is 7. The van der Waals surface area contributed by atoms with Gasteiger partial charge in [-0.05, 0) is 25.2 Å². The van der Waals surface area contributed by atoms with Crippen LogP contribution in [0.3, 0.4) is 0 Å². The van der Waals surface area contributed by atoms with Crippen molar-refractivity contribution in [3.63, 3.8) is 0 Å². The molecule has 1 fully saturated rings. The van der Waals surface area contributed by atoms with Gasteiger partial charge in [-0.25, -0.2) is 0 Å². The van der Waals surface area contributed by atoms with E-state index in [9.17, 15) is 5.11 Å². The highest BCUT2D eigenvalue weighted by Crippen LogP contribution is 2.29. The van der Waals surface area contributed by atoms with Crippen molar-refractivity contribution in [3.8, 4) is 0 Å². The number of unbranched alkanes of at least 4 members (excludes halogenated alkanes) is 5. The largest absolute Gasteiger partial charge is 0.393 e. The van der Waals surface area contributed by atoms with Crippen molar-refractivity contribution in [1.82, 2.24) is 0 Å². The number of hydrogen-bond donors (Lipinski definition) is 1. The van der Waals surface area contributed by atoms with Gasteiger partial charge in [-0.1, -0.05) is 51.9 Å². The Morgan fingerprint density at radius 1 is 1.00 bits per heavy atom. The van der Waals surface area contributed by atoms with E-state index in [-0.39, 0.29) is 6.10 Å². The quantitative estimate of drug-likeness (QED) is 0.615. The van der Waals surface area contributed by atoms with E-state index in [1.807, 2.05) is 0 Å². The van der Waals surface area contributed by atoms with E-state index in [4.69, 9.17) is 0 Å². The lowest BCUT2D eigenvalue weighted by atomic mass is 9.97. The average molecular weight is 198 g/mol. The van der Waals surface area contributed by atoms with Gasteiger partial charge in [-0.2, -0.15) is 0 Å². The normalized spacial score (nSPS) is 27.0. The first kappa shape index (κ1) is 12.0. The summed E-state index contributed by atoms with van der Waals surface area (Å²) < 4.78 is 0. The van der Waals surface area contributed by atoms with Crippen molar-refractivity contribution < 1.29 is 5.11 Å². The summed E-state index contributed by atoms with van der Waals surface area (Å²) in [6.07, 6.45) is 13.1. The van der Waals surface area contributed by atoms with Gasteiger partial charge in [0.2, 0.25) is 0 Å². The zero-order chi connectivity index (χ0) is 10.2. The molecule has 0 spiro atoms. The van der Waals surface area contributed by atoms with E-state index in [0.717, 1.165) is 6.42 Å². The van der Waals surface area contributed by atoms with Crippen molar-refractivity contribution in [2.24, 2.45) is 5.92 Å². The Bertz CT molecular complexity index is 133. The predicted octanol–water partition coefficient (Wildman–Crippen LogP) is 3.90. The molecule has 0 aromatic heterocycles. The van der Waals surface area contributed by atoms with Gasteiger partial charge in [0.05, 0.1) is 6.10 Å². The van der Waals surface area contributed by atoms with Gasteiger partial charge >= 0.3 is 0 Å². The third-order valence-corrected chi connectivity index (χ3v) is 3.55. The molecule has 1 aliphatic rings. The molecule has 0 heterocycles. The fourth-order valence-corrected chi connectivity index (χ4v) is 2.54. The summed E-state index contributed by atoms with van der Waals surface area (Å²) in [5.74, 6) is 0.640. The smallest absolute Gasteiger partial charge is 0.0568 e. The van der Waals surface area contributed by atoms with Crippen LogP contribution in [0.2, 0.25) is 0 Å². The highest BCUT2D eigenvalue weighted by molar-refractivity contribution is 4.76. The second kappa shape index (κ2) is 7.28. The first-order chi connectivity index (χ1) is 6.84. The van der Waals surface area contributed by atoms with Crippen molar-refractivity contribution in [1.29, 1.82) is 0 Å². The molecule has 14 heavy (non-hydrogen) atoms. The maximum atomic E-state index is 9.63. The molecule has 2 unspecified atom stereocenters. The first-order valence-electron chi connectivity index (χ1n) is 6.52. The Morgan fingerprint density at radius 3 is 2.36 bits per heavy atom. The molecule has 0 radical (unpaired) electrons. The molecule has 0 aliphatic heterocycles. The SMILES string of the molecule is CCCCCCCCC1CCCC1O. The van der Waals surface area contributed by atoms with Crippen molar-refractivity contribution in [2.75, 3.05) is 0 Å². The highest BCUT2D eigenvalue weighted by Gasteiger charge is 2.23. The van der Waals surface area contributed by atoms with Crippen LogP contribution in [-0.2, 0) is 0 Å². The fraction of sp³-hybridized carbons (Fsp3) is 1.00. The van der Waals surface area contributed by atoms with E-state index in [2.05, 4.69) is 6.92 Å². The van der Waals surface area contributed by atoms with E-state index in [1.165, 1.54) is 57.8 Å². The molecule has 1 aliphatic carbocycles. The van der Waals surface area contributed by atoms with Crippen LogP contribution in [-0.4, -0.2) is 11.2 Å². The molecule has 0 aromatic rings. The van der Waals surface area contributed by atoms with Crippen LogP contribution < -0.4 is 0 Å². The molecule has 1 nitrogen and oxygen atoms in total. The third-order valence-electron chi connectivity index (χ3n) is 3.55. The first-order valence-corrected chi connectivity index (χ1v) is 6.52. The summed E-state index contributed by atoms with van der Waals surface area (Å²) in [5, 5.41) is 9.63. The van der Waals surface area contributed by atoms with Gasteiger partial charge < -0.3 is 5.11 Å². The Kier molecular flexibility index (Phi) is 6.25. The van der Waals surface area contributed by atoms with E-state index < -0.39 is 0 Å².